The molecule has 1 N–H and O–H groups in total. The van der Waals surface area contributed by atoms with Crippen molar-refractivity contribution in [2.75, 3.05) is 5.75 Å². The molecule has 0 heterocycles. The van der Waals surface area contributed by atoms with Gasteiger partial charge in [-0.15, -0.1) is 0 Å². The number of sulfone groups is 1. The standard InChI is InChI=1S/C28H34O4S/c1-5-20-13-19(4)14-21(6-2)26(20)27-24(29)15-22(16-25(27)30)28(11-12-28)17-33(31,32)23-9-7-18(3)8-10-23/h7-10,13-14,22,29H,5-6,11-12,15-17H2,1-4H3. The number of hydrogen-bond donors (Lipinski definition) is 1. The summed E-state index contributed by atoms with van der Waals surface area (Å²) >= 11 is 0. The first-order valence-electron chi connectivity index (χ1n) is 12.0. The first-order valence-corrected chi connectivity index (χ1v) is 13.6. The lowest BCUT2D eigenvalue weighted by Gasteiger charge is -2.31. The van der Waals surface area contributed by atoms with Gasteiger partial charge in [0.15, 0.2) is 15.6 Å². The first-order chi connectivity index (χ1) is 15.6. The van der Waals surface area contributed by atoms with Gasteiger partial charge in [-0.2, -0.15) is 0 Å². The van der Waals surface area contributed by atoms with E-state index in [0.717, 1.165) is 53.5 Å². The van der Waals surface area contributed by atoms with Gasteiger partial charge in [0, 0.05) is 12.8 Å². The van der Waals surface area contributed by atoms with Crippen LogP contribution < -0.4 is 0 Å². The van der Waals surface area contributed by atoms with Crippen LogP contribution in [0.3, 0.4) is 0 Å². The molecule has 2 aliphatic carbocycles. The van der Waals surface area contributed by atoms with Crippen molar-refractivity contribution in [2.24, 2.45) is 11.3 Å². The fraction of sp³-hybridized carbons (Fsp3) is 0.464. The number of ketones is 1. The molecule has 2 aromatic rings. The number of rotatable bonds is 7. The van der Waals surface area contributed by atoms with E-state index in [-0.39, 0.29) is 23.2 Å². The summed E-state index contributed by atoms with van der Waals surface area (Å²) in [6.45, 7) is 8.13. The lowest BCUT2D eigenvalue weighted by atomic mass is 9.74. The van der Waals surface area contributed by atoms with Gasteiger partial charge in [-0.3, -0.25) is 4.79 Å². The lowest BCUT2D eigenvalue weighted by Crippen LogP contribution is -2.31. The summed E-state index contributed by atoms with van der Waals surface area (Å²) in [5.74, 6) is -0.0386. The van der Waals surface area contributed by atoms with Crippen molar-refractivity contribution in [3.05, 3.63) is 70.0 Å². The quantitative estimate of drug-likeness (QED) is 0.549. The molecule has 0 bridgehead atoms. The first kappa shape index (κ1) is 23.7. The van der Waals surface area contributed by atoms with E-state index < -0.39 is 15.3 Å². The summed E-state index contributed by atoms with van der Waals surface area (Å²) in [6, 6.07) is 11.2. The van der Waals surface area contributed by atoms with E-state index in [1.54, 1.807) is 12.1 Å². The molecule has 0 saturated heterocycles. The molecule has 5 heteroatoms. The van der Waals surface area contributed by atoms with Crippen LogP contribution in [0.2, 0.25) is 0 Å². The number of aliphatic hydroxyl groups is 1. The molecular formula is C28H34O4S. The largest absolute Gasteiger partial charge is 0.512 e. The molecular weight excluding hydrogens is 432 g/mol. The van der Waals surface area contributed by atoms with Gasteiger partial charge in [0.1, 0.15) is 5.76 Å². The van der Waals surface area contributed by atoms with Gasteiger partial charge in [0.2, 0.25) is 0 Å². The molecule has 4 rings (SSSR count). The molecule has 0 amide bonds. The van der Waals surface area contributed by atoms with Crippen molar-refractivity contribution in [3.63, 3.8) is 0 Å². The fourth-order valence-corrected chi connectivity index (χ4v) is 7.47. The van der Waals surface area contributed by atoms with Crippen LogP contribution in [-0.4, -0.2) is 25.1 Å². The molecule has 1 atom stereocenters. The number of Topliss-reactive ketones (excluding diaryl/α,β-unsaturated/α-hetero) is 1. The number of benzene rings is 2. The molecule has 176 valence electrons. The molecule has 1 saturated carbocycles. The zero-order valence-electron chi connectivity index (χ0n) is 20.1. The summed E-state index contributed by atoms with van der Waals surface area (Å²) in [6.07, 6.45) is 3.80. The molecule has 33 heavy (non-hydrogen) atoms. The van der Waals surface area contributed by atoms with Gasteiger partial charge in [-0.05, 0) is 79.7 Å². The Labute approximate surface area is 197 Å². The van der Waals surface area contributed by atoms with E-state index in [4.69, 9.17) is 0 Å². The van der Waals surface area contributed by atoms with Crippen LogP contribution in [0.5, 0.6) is 0 Å². The van der Waals surface area contributed by atoms with E-state index in [0.29, 0.717) is 23.3 Å². The minimum Gasteiger partial charge on any atom is -0.512 e. The number of aliphatic hydroxyl groups excluding tert-OH is 1. The van der Waals surface area contributed by atoms with E-state index in [1.807, 2.05) is 19.1 Å². The van der Waals surface area contributed by atoms with Crippen LogP contribution in [0.15, 0.2) is 47.1 Å². The molecule has 0 aliphatic heterocycles. The van der Waals surface area contributed by atoms with E-state index in [9.17, 15) is 18.3 Å². The Bertz CT molecular complexity index is 1190. The molecule has 1 fully saturated rings. The topological polar surface area (TPSA) is 71.4 Å². The average Bonchev–Trinajstić information content (AvgIpc) is 3.53. The van der Waals surface area contributed by atoms with Crippen molar-refractivity contribution in [1.29, 1.82) is 0 Å². The smallest absolute Gasteiger partial charge is 0.178 e. The Kier molecular flexibility index (Phi) is 6.30. The summed E-state index contributed by atoms with van der Waals surface area (Å²) in [4.78, 5) is 13.8. The highest BCUT2D eigenvalue weighted by atomic mass is 32.2. The fourth-order valence-electron chi connectivity index (χ4n) is 5.47. The van der Waals surface area contributed by atoms with Crippen LogP contribution in [-0.2, 0) is 27.5 Å². The van der Waals surface area contributed by atoms with Gasteiger partial charge in [0.25, 0.3) is 0 Å². The van der Waals surface area contributed by atoms with Crippen LogP contribution in [0.25, 0.3) is 5.57 Å². The highest BCUT2D eigenvalue weighted by Gasteiger charge is 2.54. The maximum absolute atomic E-state index is 13.4. The predicted octanol–water partition coefficient (Wildman–Crippen LogP) is 5.93. The molecule has 0 radical (unpaired) electrons. The number of allylic oxidation sites excluding steroid dienone is 2. The monoisotopic (exact) mass is 466 g/mol. The van der Waals surface area contributed by atoms with Crippen molar-refractivity contribution in [3.8, 4) is 0 Å². The van der Waals surface area contributed by atoms with Gasteiger partial charge in [-0.25, -0.2) is 8.42 Å². The average molecular weight is 467 g/mol. The zero-order chi connectivity index (χ0) is 24.0. The molecule has 1 unspecified atom stereocenters. The van der Waals surface area contributed by atoms with Gasteiger partial charge in [0.05, 0.1) is 16.2 Å². The molecule has 4 nitrogen and oxygen atoms in total. The SMILES string of the molecule is CCc1cc(C)cc(CC)c1C1=C(O)CC(C2(CS(=O)(=O)c3ccc(C)cc3)CC2)CC1=O. The third-order valence-corrected chi connectivity index (χ3v) is 9.46. The van der Waals surface area contributed by atoms with E-state index >= 15 is 0 Å². The highest BCUT2D eigenvalue weighted by molar-refractivity contribution is 7.91. The van der Waals surface area contributed by atoms with Gasteiger partial charge < -0.3 is 5.11 Å². The Hall–Kier alpha value is -2.40. The normalized spacial score (nSPS) is 20.2. The maximum Gasteiger partial charge on any atom is 0.178 e. The molecule has 0 aromatic heterocycles. The third-order valence-electron chi connectivity index (χ3n) is 7.51. The van der Waals surface area contributed by atoms with Crippen LogP contribution in [0.1, 0.15) is 67.3 Å². The van der Waals surface area contributed by atoms with Crippen LogP contribution >= 0.6 is 0 Å². The Morgan fingerprint density at radius 3 is 2.00 bits per heavy atom. The summed E-state index contributed by atoms with van der Waals surface area (Å²) in [5, 5.41) is 11.1. The van der Waals surface area contributed by atoms with Crippen molar-refractivity contribution < 1.29 is 18.3 Å². The van der Waals surface area contributed by atoms with Gasteiger partial charge in [-0.1, -0.05) is 49.2 Å². The number of carbonyl (C=O) groups excluding carboxylic acids is 1. The van der Waals surface area contributed by atoms with Crippen LogP contribution in [0, 0.1) is 25.2 Å². The summed E-state index contributed by atoms with van der Waals surface area (Å²) in [5.41, 5.74) is 5.27. The Morgan fingerprint density at radius 2 is 1.52 bits per heavy atom. The van der Waals surface area contributed by atoms with Crippen molar-refractivity contribution in [2.45, 2.75) is 71.1 Å². The second kappa shape index (κ2) is 8.75. The number of hydrogen-bond acceptors (Lipinski definition) is 4. The second-order valence-electron chi connectivity index (χ2n) is 9.95. The highest BCUT2D eigenvalue weighted by Crippen LogP contribution is 2.58. The predicted molar refractivity (Wildman–Crippen MR) is 132 cm³/mol. The maximum atomic E-state index is 13.4. The zero-order valence-corrected chi connectivity index (χ0v) is 20.9. The molecule has 2 aliphatic rings. The third kappa shape index (κ3) is 4.52. The summed E-state index contributed by atoms with van der Waals surface area (Å²) in [7, 11) is -3.46. The number of carbonyl (C=O) groups is 1. The van der Waals surface area contributed by atoms with E-state index in [1.165, 1.54) is 0 Å². The lowest BCUT2D eigenvalue weighted by molar-refractivity contribution is -0.115. The Morgan fingerprint density at radius 1 is 0.939 bits per heavy atom. The van der Waals surface area contributed by atoms with Crippen molar-refractivity contribution in [1.82, 2.24) is 0 Å². The van der Waals surface area contributed by atoms with E-state index in [2.05, 4.69) is 32.9 Å². The number of aryl methyl sites for hydroxylation is 4. The molecule has 0 spiro atoms. The van der Waals surface area contributed by atoms with Crippen molar-refractivity contribution >= 4 is 21.2 Å². The van der Waals surface area contributed by atoms with Gasteiger partial charge >= 0.3 is 0 Å². The van der Waals surface area contributed by atoms with Crippen LogP contribution in [0.4, 0.5) is 0 Å². The minimum absolute atomic E-state index is 0.0363. The second-order valence-corrected chi connectivity index (χ2v) is 11.9. The Balaban J connectivity index is 1.65. The minimum atomic E-state index is -3.46. The summed E-state index contributed by atoms with van der Waals surface area (Å²) < 4.78 is 26.3. The molecule has 2 aromatic carbocycles.